The molecule has 32 heavy (non-hydrogen) atoms. The highest BCUT2D eigenvalue weighted by Crippen LogP contribution is 2.44. The summed E-state index contributed by atoms with van der Waals surface area (Å²) in [4.78, 5) is 14.5. The molecule has 2 aliphatic carbocycles. The van der Waals surface area contributed by atoms with Crippen molar-refractivity contribution in [3.05, 3.63) is 59.2 Å². The van der Waals surface area contributed by atoms with Crippen LogP contribution in [0.2, 0.25) is 0 Å². The van der Waals surface area contributed by atoms with Gasteiger partial charge in [0.2, 0.25) is 5.91 Å². The van der Waals surface area contributed by atoms with Crippen LogP contribution in [0.1, 0.15) is 61.1 Å². The zero-order chi connectivity index (χ0) is 21.9. The van der Waals surface area contributed by atoms with Crippen molar-refractivity contribution in [2.24, 2.45) is 11.8 Å². The zero-order valence-corrected chi connectivity index (χ0v) is 19.2. The normalized spacial score (nSPS) is 20.8. The summed E-state index contributed by atoms with van der Waals surface area (Å²) in [5.41, 5.74) is 4.28. The number of fused-ring (bicyclic) bond motifs is 1. The minimum atomic E-state index is 0.349. The van der Waals surface area contributed by atoms with Crippen molar-refractivity contribution in [2.45, 2.75) is 57.3 Å². The van der Waals surface area contributed by atoms with Crippen molar-refractivity contribution < 1.29 is 14.3 Å². The average Bonchev–Trinajstić information content (AvgIpc) is 3.61. The second-order valence-electron chi connectivity index (χ2n) is 9.75. The van der Waals surface area contributed by atoms with Crippen molar-refractivity contribution in [3.8, 4) is 11.5 Å². The van der Waals surface area contributed by atoms with Crippen LogP contribution in [0.4, 0.5) is 0 Å². The van der Waals surface area contributed by atoms with E-state index in [4.69, 9.17) is 9.47 Å². The van der Waals surface area contributed by atoms with Crippen molar-refractivity contribution in [2.75, 3.05) is 26.8 Å². The zero-order valence-electron chi connectivity index (χ0n) is 19.2. The van der Waals surface area contributed by atoms with Gasteiger partial charge in [0.1, 0.15) is 11.5 Å². The Morgan fingerprint density at radius 3 is 2.62 bits per heavy atom. The van der Waals surface area contributed by atoms with Crippen molar-refractivity contribution in [3.63, 3.8) is 0 Å². The van der Waals surface area contributed by atoms with Crippen LogP contribution in [-0.2, 0) is 17.6 Å². The highest BCUT2D eigenvalue weighted by atomic mass is 16.5. The lowest BCUT2D eigenvalue weighted by Crippen LogP contribution is -2.40. The Morgan fingerprint density at radius 1 is 1.00 bits per heavy atom. The van der Waals surface area contributed by atoms with Gasteiger partial charge in [-0.25, -0.2) is 0 Å². The molecule has 170 valence electrons. The SMILES string of the molecule is COc1cccc(CCCOc2ccc3c(c2)C(C2CCN(C(=O)C4CC4)CC2)CC3)c1. The first-order valence-electron chi connectivity index (χ1n) is 12.4. The van der Waals surface area contributed by atoms with E-state index in [1.165, 1.54) is 29.5 Å². The molecule has 1 saturated heterocycles. The molecule has 0 bridgehead atoms. The molecule has 4 nitrogen and oxygen atoms in total. The topological polar surface area (TPSA) is 38.8 Å². The number of carbonyl (C=O) groups is 1. The predicted molar refractivity (Wildman–Crippen MR) is 126 cm³/mol. The minimum Gasteiger partial charge on any atom is -0.497 e. The molecule has 1 amide bonds. The molecule has 1 unspecified atom stereocenters. The number of benzene rings is 2. The fraction of sp³-hybridized carbons (Fsp3) is 0.536. The van der Waals surface area contributed by atoms with Gasteiger partial charge >= 0.3 is 0 Å². The van der Waals surface area contributed by atoms with E-state index in [1.807, 2.05) is 12.1 Å². The van der Waals surface area contributed by atoms with E-state index >= 15 is 0 Å². The summed E-state index contributed by atoms with van der Waals surface area (Å²) < 4.78 is 11.5. The fourth-order valence-electron chi connectivity index (χ4n) is 5.60. The first-order chi connectivity index (χ1) is 15.7. The molecule has 3 aliphatic rings. The van der Waals surface area contributed by atoms with Gasteiger partial charge < -0.3 is 14.4 Å². The first kappa shape index (κ1) is 21.4. The number of hydrogen-bond donors (Lipinski definition) is 0. The number of amides is 1. The molecule has 1 saturated carbocycles. The van der Waals surface area contributed by atoms with Gasteiger partial charge in [0.25, 0.3) is 0 Å². The largest absolute Gasteiger partial charge is 0.497 e. The summed E-state index contributed by atoms with van der Waals surface area (Å²) in [5, 5.41) is 0. The Kier molecular flexibility index (Phi) is 6.38. The van der Waals surface area contributed by atoms with E-state index in [2.05, 4.69) is 35.2 Å². The van der Waals surface area contributed by atoms with Crippen LogP contribution < -0.4 is 9.47 Å². The van der Waals surface area contributed by atoms with E-state index in [0.717, 1.165) is 69.7 Å². The smallest absolute Gasteiger partial charge is 0.225 e. The number of nitrogens with zero attached hydrogens (tertiary/aromatic N) is 1. The molecule has 0 spiro atoms. The summed E-state index contributed by atoms with van der Waals surface area (Å²) >= 11 is 0. The first-order valence-corrected chi connectivity index (χ1v) is 12.4. The van der Waals surface area contributed by atoms with Gasteiger partial charge in [-0.15, -0.1) is 0 Å². The highest BCUT2D eigenvalue weighted by molar-refractivity contribution is 5.81. The Bertz CT molecular complexity index is 943. The average molecular weight is 434 g/mol. The highest BCUT2D eigenvalue weighted by Gasteiger charge is 2.37. The van der Waals surface area contributed by atoms with Crippen LogP contribution in [0.25, 0.3) is 0 Å². The minimum absolute atomic E-state index is 0.349. The molecule has 1 aliphatic heterocycles. The molecular weight excluding hydrogens is 398 g/mol. The lowest BCUT2D eigenvalue weighted by Gasteiger charge is -2.35. The quantitative estimate of drug-likeness (QED) is 0.524. The maximum Gasteiger partial charge on any atom is 0.225 e. The lowest BCUT2D eigenvalue weighted by atomic mass is 9.81. The molecule has 2 aromatic rings. The third-order valence-electron chi connectivity index (χ3n) is 7.60. The second-order valence-corrected chi connectivity index (χ2v) is 9.75. The number of aryl methyl sites for hydroxylation is 2. The predicted octanol–water partition coefficient (Wildman–Crippen LogP) is 5.39. The maximum absolute atomic E-state index is 12.4. The molecule has 4 heteroatoms. The Balaban J connectivity index is 1.14. The third-order valence-corrected chi connectivity index (χ3v) is 7.60. The number of piperidine rings is 1. The van der Waals surface area contributed by atoms with Crippen LogP contribution in [0.3, 0.4) is 0 Å². The second kappa shape index (κ2) is 9.56. The Morgan fingerprint density at radius 2 is 1.84 bits per heavy atom. The molecule has 2 aromatic carbocycles. The number of rotatable bonds is 8. The van der Waals surface area contributed by atoms with Gasteiger partial charge in [0.15, 0.2) is 0 Å². The standard InChI is InChI=1S/C28H35NO3/c1-31-24-6-2-4-20(18-24)5-3-17-32-25-11-9-21-10-12-26(27(21)19-25)22-13-15-29(16-14-22)28(30)23-7-8-23/h2,4,6,9,11,18-19,22-23,26H,3,5,7-8,10,12-17H2,1H3. The van der Waals surface area contributed by atoms with E-state index in [0.29, 0.717) is 23.7 Å². The van der Waals surface area contributed by atoms with Gasteiger partial charge in [-0.2, -0.15) is 0 Å². The molecule has 5 rings (SSSR count). The van der Waals surface area contributed by atoms with Gasteiger partial charge in [0.05, 0.1) is 13.7 Å². The summed E-state index contributed by atoms with van der Waals surface area (Å²) in [7, 11) is 1.71. The van der Waals surface area contributed by atoms with E-state index in [1.54, 1.807) is 7.11 Å². The van der Waals surface area contributed by atoms with Crippen LogP contribution in [0.5, 0.6) is 11.5 Å². The van der Waals surface area contributed by atoms with Gasteiger partial charge in [-0.1, -0.05) is 18.2 Å². The van der Waals surface area contributed by atoms with Gasteiger partial charge in [-0.3, -0.25) is 4.79 Å². The molecular formula is C28H35NO3. The fourth-order valence-corrected chi connectivity index (χ4v) is 5.60. The maximum atomic E-state index is 12.4. The van der Waals surface area contributed by atoms with Crippen molar-refractivity contribution in [1.29, 1.82) is 0 Å². The summed E-state index contributed by atoms with van der Waals surface area (Å²) in [6.45, 7) is 2.63. The lowest BCUT2D eigenvalue weighted by molar-refractivity contribution is -0.134. The molecule has 2 fully saturated rings. The number of methoxy groups -OCH3 is 1. The molecule has 0 radical (unpaired) electrons. The van der Waals surface area contributed by atoms with Crippen LogP contribution >= 0.6 is 0 Å². The molecule has 0 N–H and O–H groups in total. The number of carbonyl (C=O) groups excluding carboxylic acids is 1. The Labute approximate surface area is 191 Å². The number of ether oxygens (including phenoxy) is 2. The van der Waals surface area contributed by atoms with Crippen molar-refractivity contribution in [1.82, 2.24) is 4.90 Å². The summed E-state index contributed by atoms with van der Waals surface area (Å²) in [6, 6.07) is 15.0. The number of likely N-dealkylation sites (tertiary alicyclic amines) is 1. The van der Waals surface area contributed by atoms with Crippen LogP contribution in [-0.4, -0.2) is 37.6 Å². The molecule has 1 heterocycles. The van der Waals surface area contributed by atoms with Crippen molar-refractivity contribution >= 4 is 5.91 Å². The van der Waals surface area contributed by atoms with Crippen LogP contribution in [0.15, 0.2) is 42.5 Å². The van der Waals surface area contributed by atoms with E-state index in [-0.39, 0.29) is 0 Å². The van der Waals surface area contributed by atoms with Crippen LogP contribution in [0, 0.1) is 11.8 Å². The van der Waals surface area contributed by atoms with E-state index in [9.17, 15) is 4.79 Å². The third kappa shape index (κ3) is 4.79. The Hall–Kier alpha value is -2.49. The summed E-state index contributed by atoms with van der Waals surface area (Å²) in [6.07, 6.45) is 8.91. The monoisotopic (exact) mass is 433 g/mol. The number of hydrogen-bond acceptors (Lipinski definition) is 3. The van der Waals surface area contributed by atoms with Gasteiger partial charge in [0, 0.05) is 19.0 Å². The van der Waals surface area contributed by atoms with Gasteiger partial charge in [-0.05, 0) is 104 Å². The van der Waals surface area contributed by atoms with E-state index < -0.39 is 0 Å². The molecule has 1 atom stereocenters. The molecule has 0 aromatic heterocycles. The summed E-state index contributed by atoms with van der Waals surface area (Å²) in [5.74, 6) is 4.01.